The predicted molar refractivity (Wildman–Crippen MR) is 289 cm³/mol. The van der Waals surface area contributed by atoms with Gasteiger partial charge in [0.25, 0.3) is 0 Å². The number of ether oxygens (including phenoxy) is 1. The number of methoxy groups -OCH3 is 1. The van der Waals surface area contributed by atoms with Crippen LogP contribution in [0.4, 0.5) is 0 Å². The van der Waals surface area contributed by atoms with Crippen LogP contribution in [0.25, 0.3) is 0 Å². The molecule has 0 aliphatic rings. The molecule has 0 aromatic rings. The van der Waals surface area contributed by atoms with E-state index in [0.717, 1.165) is 45.2 Å². The topological polar surface area (TPSA) is 65.1 Å². The highest BCUT2D eigenvalue weighted by molar-refractivity contribution is 5.53. The second kappa shape index (κ2) is 59.1. The van der Waals surface area contributed by atoms with Crippen LogP contribution in [0.2, 0.25) is 0 Å². The van der Waals surface area contributed by atoms with Gasteiger partial charge in [0.15, 0.2) is 0 Å². The second-order valence-electron chi connectivity index (χ2n) is 20.0. The van der Waals surface area contributed by atoms with E-state index in [4.69, 9.17) is 4.74 Å². The molecule has 65 heavy (non-hydrogen) atoms. The van der Waals surface area contributed by atoms with E-state index in [9.17, 15) is 9.59 Å². The van der Waals surface area contributed by atoms with Crippen LogP contribution in [0.5, 0.6) is 0 Å². The summed E-state index contributed by atoms with van der Waals surface area (Å²) in [4.78, 5) is 29.8. The van der Waals surface area contributed by atoms with Crippen molar-refractivity contribution in [1.82, 2.24) is 20.0 Å². The molecule has 0 saturated heterocycles. The van der Waals surface area contributed by atoms with Gasteiger partial charge in [0.1, 0.15) is 6.29 Å². The third kappa shape index (κ3) is 53.8. The van der Waals surface area contributed by atoms with Crippen LogP contribution in [0, 0.1) is 5.92 Å². The summed E-state index contributed by atoms with van der Waals surface area (Å²) in [6, 6.07) is 0. The van der Waals surface area contributed by atoms with Gasteiger partial charge in [-0.1, -0.05) is 227 Å². The van der Waals surface area contributed by atoms with E-state index < -0.39 is 0 Å². The fraction of sp³-hybridized carbons (Fsp3) is 0.966. The number of amides is 1. The van der Waals surface area contributed by atoms with Crippen LogP contribution < -0.4 is 5.32 Å². The minimum absolute atomic E-state index is 0.0800. The molecule has 0 bridgehead atoms. The Morgan fingerprint density at radius 3 is 0.923 bits per heavy atom. The van der Waals surface area contributed by atoms with Crippen LogP contribution in [0.1, 0.15) is 279 Å². The Hall–Kier alpha value is -1.02. The highest BCUT2D eigenvalue weighted by Gasteiger charge is 2.12. The maximum Gasteiger partial charge on any atom is 0.207 e. The smallest absolute Gasteiger partial charge is 0.207 e. The molecule has 0 aromatic carbocycles. The van der Waals surface area contributed by atoms with Crippen LogP contribution in [-0.4, -0.2) is 107 Å². The first-order valence-electron chi connectivity index (χ1n) is 29.3. The molecule has 7 nitrogen and oxygen atoms in total. The van der Waals surface area contributed by atoms with Gasteiger partial charge in [0.2, 0.25) is 6.41 Å². The highest BCUT2D eigenvalue weighted by atomic mass is 16.5. The van der Waals surface area contributed by atoms with Crippen molar-refractivity contribution in [2.24, 2.45) is 5.92 Å². The molecule has 0 spiro atoms. The van der Waals surface area contributed by atoms with Crippen LogP contribution in [0.3, 0.4) is 0 Å². The van der Waals surface area contributed by atoms with Gasteiger partial charge < -0.3 is 24.6 Å². The third-order valence-corrected chi connectivity index (χ3v) is 13.7. The molecule has 0 aliphatic carbocycles. The van der Waals surface area contributed by atoms with Crippen molar-refractivity contribution in [2.75, 3.05) is 79.2 Å². The normalized spacial score (nSPS) is 12.0. The standard InChI is InChI=1S/C32H68N2O.C26H52N2O2/c1-5-8-11-14-17-20-23-26-33(27-24-21-18-15-12-9-6-2)29-30-34(31-32-35-4)28-25-22-19-16-13-10-7-3;1-3-5-7-9-11-13-15-21-28(22-16-14-12-10-8-6-4-2)23-17-18-26(24-29)19-20-27-25-30/h5-32H2,1-4H3;24-26H,3-23H2,1-2H3,(H,27,30). The lowest BCUT2D eigenvalue weighted by atomic mass is 10.0. The minimum atomic E-state index is 0.0800. The highest BCUT2D eigenvalue weighted by Crippen LogP contribution is 2.15. The van der Waals surface area contributed by atoms with E-state index in [1.54, 1.807) is 0 Å². The van der Waals surface area contributed by atoms with Crippen LogP contribution >= 0.6 is 0 Å². The van der Waals surface area contributed by atoms with Gasteiger partial charge in [-0.2, -0.15) is 0 Å². The monoisotopic (exact) mass is 921 g/mol. The van der Waals surface area contributed by atoms with Crippen LogP contribution in [-0.2, 0) is 14.3 Å². The Morgan fingerprint density at radius 2 is 0.631 bits per heavy atom. The number of carbonyl (C=O) groups is 2. The largest absolute Gasteiger partial charge is 0.383 e. The molecule has 0 heterocycles. The zero-order valence-corrected chi connectivity index (χ0v) is 45.4. The number of rotatable bonds is 55. The summed E-state index contributed by atoms with van der Waals surface area (Å²) >= 11 is 0. The Balaban J connectivity index is 0. The number of hydrogen-bond donors (Lipinski definition) is 1. The lowest BCUT2D eigenvalue weighted by Crippen LogP contribution is -2.38. The summed E-state index contributed by atoms with van der Waals surface area (Å²) in [5, 5.41) is 2.67. The number of unbranched alkanes of at least 4 members (excludes halogenated alkanes) is 30. The molecule has 0 aromatic heterocycles. The van der Waals surface area contributed by atoms with Gasteiger partial charge >= 0.3 is 0 Å². The quantitative estimate of drug-likeness (QED) is 0.0484. The molecule has 7 heteroatoms. The molecular formula is C58H120N4O3. The van der Waals surface area contributed by atoms with Crippen molar-refractivity contribution in [3.63, 3.8) is 0 Å². The number of nitrogens with zero attached hydrogens (tertiary/aromatic N) is 3. The molecule has 0 saturated carbocycles. The lowest BCUT2D eigenvalue weighted by Gasteiger charge is -2.28. The van der Waals surface area contributed by atoms with E-state index in [1.165, 1.54) is 271 Å². The van der Waals surface area contributed by atoms with Crippen molar-refractivity contribution in [2.45, 2.75) is 279 Å². The molecule has 1 amide bonds. The minimum Gasteiger partial charge on any atom is -0.383 e. The average molecular weight is 922 g/mol. The molecule has 0 aliphatic heterocycles. The Bertz CT molecular complexity index is 842. The molecule has 0 radical (unpaired) electrons. The average Bonchev–Trinajstić information content (AvgIpc) is 3.32. The number of nitrogens with one attached hydrogen (secondary N) is 1. The van der Waals surface area contributed by atoms with Gasteiger partial charge in [0.05, 0.1) is 6.61 Å². The van der Waals surface area contributed by atoms with Crippen molar-refractivity contribution in [3.05, 3.63) is 0 Å². The lowest BCUT2D eigenvalue weighted by molar-refractivity contribution is -0.112. The second-order valence-corrected chi connectivity index (χ2v) is 20.0. The van der Waals surface area contributed by atoms with Crippen molar-refractivity contribution in [3.8, 4) is 0 Å². The maximum atomic E-state index is 11.3. The maximum absolute atomic E-state index is 11.3. The van der Waals surface area contributed by atoms with Crippen molar-refractivity contribution in [1.29, 1.82) is 0 Å². The van der Waals surface area contributed by atoms with E-state index in [1.807, 2.05) is 7.11 Å². The van der Waals surface area contributed by atoms with E-state index in [2.05, 4.69) is 54.6 Å². The van der Waals surface area contributed by atoms with Crippen molar-refractivity contribution < 1.29 is 14.3 Å². The van der Waals surface area contributed by atoms with E-state index in [-0.39, 0.29) is 5.92 Å². The third-order valence-electron chi connectivity index (χ3n) is 13.7. The Labute approximate surface area is 409 Å². The summed E-state index contributed by atoms with van der Waals surface area (Å²) in [7, 11) is 1.85. The number of hydrogen-bond acceptors (Lipinski definition) is 6. The fourth-order valence-electron chi connectivity index (χ4n) is 9.16. The van der Waals surface area contributed by atoms with Crippen molar-refractivity contribution >= 4 is 12.7 Å². The molecule has 1 unspecified atom stereocenters. The van der Waals surface area contributed by atoms with Crippen LogP contribution in [0.15, 0.2) is 0 Å². The van der Waals surface area contributed by atoms with E-state index in [0.29, 0.717) is 13.0 Å². The van der Waals surface area contributed by atoms with Gasteiger partial charge in [-0.3, -0.25) is 9.69 Å². The predicted octanol–water partition coefficient (Wildman–Crippen LogP) is 16.0. The van der Waals surface area contributed by atoms with Gasteiger partial charge in [0, 0.05) is 39.2 Å². The van der Waals surface area contributed by atoms with Gasteiger partial charge in [-0.05, 0) is 90.6 Å². The molecular weight excluding hydrogens is 801 g/mol. The van der Waals surface area contributed by atoms with Gasteiger partial charge in [-0.25, -0.2) is 0 Å². The zero-order chi connectivity index (χ0) is 47.8. The molecule has 390 valence electrons. The summed E-state index contributed by atoms with van der Waals surface area (Å²) in [6.07, 6.45) is 53.2. The first kappa shape index (κ1) is 66.1. The Kier molecular flexibility index (Phi) is 60.1. The summed E-state index contributed by atoms with van der Waals surface area (Å²) < 4.78 is 5.44. The summed E-state index contributed by atoms with van der Waals surface area (Å²) in [5.41, 5.74) is 0. The Morgan fingerprint density at radius 1 is 0.354 bits per heavy atom. The molecule has 0 fully saturated rings. The number of carbonyl (C=O) groups excluding carboxylic acids is 2. The number of aldehydes is 1. The van der Waals surface area contributed by atoms with Gasteiger partial charge in [-0.15, -0.1) is 0 Å². The summed E-state index contributed by atoms with van der Waals surface area (Å²) in [6.45, 7) is 23.9. The zero-order valence-electron chi connectivity index (χ0n) is 45.4. The molecule has 1 N–H and O–H groups in total. The first-order valence-corrected chi connectivity index (χ1v) is 29.3. The SMILES string of the molecule is CCCCCCCCCN(CCCCCCCCC)CCCC(C=O)CCNC=O.CCCCCCCCCN(CCCCCCCCC)CCN(CCCCCCCCC)CCOC. The fourth-order valence-corrected chi connectivity index (χ4v) is 9.16. The molecule has 0 rings (SSSR count). The summed E-state index contributed by atoms with van der Waals surface area (Å²) in [5.74, 6) is 0.0800. The van der Waals surface area contributed by atoms with E-state index >= 15 is 0 Å². The molecule has 1 atom stereocenters. The first-order chi connectivity index (χ1) is 32.1.